The van der Waals surface area contributed by atoms with Crippen molar-refractivity contribution in [1.82, 2.24) is 9.47 Å². The van der Waals surface area contributed by atoms with Crippen molar-refractivity contribution in [2.75, 3.05) is 18.6 Å². The number of thioether (sulfide) groups is 1. The summed E-state index contributed by atoms with van der Waals surface area (Å²) in [6.45, 7) is 2.18. The van der Waals surface area contributed by atoms with Gasteiger partial charge in [-0.05, 0) is 60.7 Å². The fraction of sp³-hybridized carbons (Fsp3) is 0.429. The second-order valence-corrected chi connectivity index (χ2v) is 14.8. The van der Waals surface area contributed by atoms with Crippen LogP contribution in [0.1, 0.15) is 81.8 Å². The molecule has 1 saturated heterocycles. The second-order valence-electron chi connectivity index (χ2n) is 12.1. The van der Waals surface area contributed by atoms with E-state index in [4.69, 9.17) is 17.0 Å². The lowest BCUT2D eigenvalue weighted by Gasteiger charge is -2.28. The molecule has 2 aliphatic heterocycles. The zero-order valence-corrected chi connectivity index (χ0v) is 28.6. The Morgan fingerprint density at radius 2 is 1.85 bits per heavy atom. The number of benzene rings is 2. The number of anilines is 2. The molecule has 0 bridgehead atoms. The minimum Gasteiger partial charge on any atom is -0.495 e. The van der Waals surface area contributed by atoms with E-state index in [-0.39, 0.29) is 5.91 Å². The summed E-state index contributed by atoms with van der Waals surface area (Å²) in [6, 6.07) is 14.7. The van der Waals surface area contributed by atoms with E-state index in [0.29, 0.717) is 36.9 Å². The summed E-state index contributed by atoms with van der Waals surface area (Å²) in [5.74, 6) is -0.186. The summed E-state index contributed by atoms with van der Waals surface area (Å²) in [5, 5.41) is 9.67. The average Bonchev–Trinajstić information content (AvgIpc) is 3.78. The molecule has 2 atom stereocenters. The summed E-state index contributed by atoms with van der Waals surface area (Å²) in [4.78, 5) is 43.3. The van der Waals surface area contributed by atoms with Crippen molar-refractivity contribution in [3.8, 4) is 5.75 Å². The highest BCUT2D eigenvalue weighted by Gasteiger charge is 2.43. The van der Waals surface area contributed by atoms with Gasteiger partial charge >= 0.3 is 5.97 Å². The van der Waals surface area contributed by atoms with E-state index in [1.807, 2.05) is 30.3 Å². The van der Waals surface area contributed by atoms with Crippen LogP contribution in [0.4, 0.5) is 11.4 Å². The quantitative estimate of drug-likeness (QED) is 0.186. The number of hydrogen-bond acceptors (Lipinski definition) is 8. The van der Waals surface area contributed by atoms with Crippen LogP contribution in [0.3, 0.4) is 0 Å². The Morgan fingerprint density at radius 1 is 1.07 bits per heavy atom. The fourth-order valence-corrected chi connectivity index (χ4v) is 9.56. The molecule has 8 nitrogen and oxygen atoms in total. The van der Waals surface area contributed by atoms with Crippen LogP contribution in [-0.4, -0.2) is 50.5 Å². The minimum absolute atomic E-state index is 0.253. The molecule has 1 saturated carbocycles. The van der Waals surface area contributed by atoms with E-state index >= 15 is 0 Å². The Balaban J connectivity index is 1.35. The maximum atomic E-state index is 13.7. The average molecular weight is 678 g/mol. The Bertz CT molecular complexity index is 1850. The van der Waals surface area contributed by atoms with Crippen molar-refractivity contribution < 1.29 is 19.4 Å². The molecule has 242 valence electrons. The van der Waals surface area contributed by atoms with E-state index < -0.39 is 18.1 Å². The molecule has 1 N–H and O–H groups in total. The molecule has 6 rings (SSSR count). The summed E-state index contributed by atoms with van der Waals surface area (Å²) >= 11 is 7.88. The number of hydrogen-bond donors (Lipinski definition) is 1. The number of ether oxygens (including phenoxy) is 1. The molecule has 2 unspecified atom stereocenters. The van der Waals surface area contributed by atoms with Gasteiger partial charge in [0, 0.05) is 24.2 Å². The number of unbranched alkanes of at least 4 members (excludes halogenated alkanes) is 5. The molecule has 0 radical (unpaired) electrons. The Morgan fingerprint density at radius 3 is 2.63 bits per heavy atom. The number of amides is 1. The number of aromatic nitrogens is 1. The Hall–Kier alpha value is -3.41. The van der Waals surface area contributed by atoms with Gasteiger partial charge in [0.1, 0.15) is 26.2 Å². The van der Waals surface area contributed by atoms with Crippen molar-refractivity contribution in [2.24, 2.45) is 0 Å². The van der Waals surface area contributed by atoms with E-state index in [2.05, 4.69) is 30.0 Å². The highest BCUT2D eigenvalue weighted by Crippen LogP contribution is 2.54. The van der Waals surface area contributed by atoms with Gasteiger partial charge in [-0.2, -0.15) is 0 Å². The molecule has 46 heavy (non-hydrogen) atoms. The van der Waals surface area contributed by atoms with Crippen LogP contribution in [0.5, 0.6) is 5.75 Å². The van der Waals surface area contributed by atoms with E-state index in [0.717, 1.165) is 84.3 Å². The first kappa shape index (κ1) is 32.5. The molecule has 3 aliphatic rings. The zero-order valence-electron chi connectivity index (χ0n) is 26.2. The number of thiazole rings is 1. The van der Waals surface area contributed by atoms with Gasteiger partial charge in [0.05, 0.1) is 17.3 Å². The fourth-order valence-electron chi connectivity index (χ4n) is 7.00. The van der Waals surface area contributed by atoms with Crippen LogP contribution < -0.4 is 24.4 Å². The van der Waals surface area contributed by atoms with Gasteiger partial charge in [0.15, 0.2) is 0 Å². The van der Waals surface area contributed by atoms with Crippen molar-refractivity contribution >= 4 is 73.9 Å². The Kier molecular flexibility index (Phi) is 10.0. The van der Waals surface area contributed by atoms with Crippen molar-refractivity contribution in [3.05, 3.63) is 73.1 Å². The number of carbonyl (C=O) groups is 2. The number of nitrogens with zero attached hydrogens (tertiary/aromatic N) is 3. The highest BCUT2D eigenvalue weighted by atomic mass is 32.2. The number of carboxylic acid groups (broad SMARTS) is 1. The first-order valence-corrected chi connectivity index (χ1v) is 18.1. The van der Waals surface area contributed by atoms with E-state index in [1.165, 1.54) is 29.4 Å². The number of thiocarbonyl (C=S) groups is 1. The number of carboxylic acids is 1. The maximum absolute atomic E-state index is 13.7. The van der Waals surface area contributed by atoms with Crippen LogP contribution in [0.25, 0.3) is 11.0 Å². The number of methoxy groups -OCH3 is 1. The molecule has 1 aliphatic carbocycles. The molecule has 2 aromatic carbocycles. The summed E-state index contributed by atoms with van der Waals surface area (Å²) < 4.78 is 8.11. The smallest absolute Gasteiger partial charge is 0.323 e. The number of rotatable bonds is 12. The van der Waals surface area contributed by atoms with E-state index in [1.54, 1.807) is 12.0 Å². The van der Waals surface area contributed by atoms with Crippen LogP contribution in [-0.2, 0) is 16.1 Å². The van der Waals surface area contributed by atoms with Gasteiger partial charge in [-0.1, -0.05) is 87.6 Å². The zero-order chi connectivity index (χ0) is 32.4. The van der Waals surface area contributed by atoms with Gasteiger partial charge in [-0.25, -0.2) is 0 Å². The number of para-hydroxylation sites is 2. The Labute approximate surface area is 282 Å². The van der Waals surface area contributed by atoms with Crippen LogP contribution in [0.15, 0.2) is 47.3 Å². The number of fused-ring (bicyclic) bond motifs is 3. The van der Waals surface area contributed by atoms with Gasteiger partial charge in [0.2, 0.25) is 0 Å². The molecule has 3 heterocycles. The van der Waals surface area contributed by atoms with E-state index in [9.17, 15) is 19.5 Å². The predicted octanol–water partition coefficient (Wildman–Crippen LogP) is 5.95. The SMILES string of the molecule is CCCCCCCCN1C(=O)/C(=c2/s/c(=C/c3ccc4c(c3)C3CCCC3N4c3ccccc3OC)c(=O)n2CC(=O)O)SC1=S. The molecule has 2 fully saturated rings. The van der Waals surface area contributed by atoms with Crippen LogP contribution in [0.2, 0.25) is 0 Å². The van der Waals surface area contributed by atoms with Gasteiger partial charge in [-0.15, -0.1) is 11.3 Å². The molecular weight excluding hydrogens is 639 g/mol. The molecular formula is C35H39N3O5S3. The summed E-state index contributed by atoms with van der Waals surface area (Å²) in [5.41, 5.74) is 3.90. The lowest BCUT2D eigenvalue weighted by atomic mass is 9.96. The van der Waals surface area contributed by atoms with Crippen molar-refractivity contribution in [1.29, 1.82) is 0 Å². The van der Waals surface area contributed by atoms with Crippen LogP contribution in [0, 0.1) is 0 Å². The highest BCUT2D eigenvalue weighted by molar-refractivity contribution is 8.30. The maximum Gasteiger partial charge on any atom is 0.323 e. The first-order chi connectivity index (χ1) is 22.3. The molecule has 0 spiro atoms. The van der Waals surface area contributed by atoms with Gasteiger partial charge in [-0.3, -0.25) is 23.9 Å². The predicted molar refractivity (Wildman–Crippen MR) is 190 cm³/mol. The molecule has 1 amide bonds. The lowest BCUT2D eigenvalue weighted by Crippen LogP contribution is -2.35. The normalized spacial score (nSPS) is 20.5. The molecule has 1 aromatic heterocycles. The lowest BCUT2D eigenvalue weighted by molar-refractivity contribution is -0.137. The van der Waals surface area contributed by atoms with Gasteiger partial charge < -0.3 is 14.7 Å². The van der Waals surface area contributed by atoms with Crippen molar-refractivity contribution in [3.63, 3.8) is 0 Å². The standard InChI is InChI=1S/C35H39N3O5S3/c1-3-4-5-6-7-10-18-36-33(42)31(46-35(36)44)34-37(21-30(39)40)32(41)29(45-34)20-22-16-17-26-24(19-22)23-12-11-14-25(23)38(26)27-13-8-9-15-28(27)43-2/h8-9,13,15-17,19-20,23,25H,3-7,10-12,14,18,21H2,1-2H3,(H,39,40)/b29-20+,34-31-. The minimum atomic E-state index is -1.14. The third-order valence-corrected chi connectivity index (χ3v) is 11.8. The van der Waals surface area contributed by atoms with Crippen LogP contribution >= 0.6 is 35.3 Å². The largest absolute Gasteiger partial charge is 0.495 e. The monoisotopic (exact) mass is 677 g/mol. The second kappa shape index (κ2) is 14.1. The summed E-state index contributed by atoms with van der Waals surface area (Å²) in [6.07, 6.45) is 11.7. The molecule has 11 heteroatoms. The van der Waals surface area contributed by atoms with Crippen molar-refractivity contribution in [2.45, 2.75) is 83.2 Å². The molecule has 3 aromatic rings. The number of carbonyl (C=O) groups excluding carboxylic acids is 1. The summed E-state index contributed by atoms with van der Waals surface area (Å²) in [7, 11) is 1.70. The topological polar surface area (TPSA) is 92.1 Å². The first-order valence-electron chi connectivity index (χ1n) is 16.1. The third-order valence-electron chi connectivity index (χ3n) is 9.14. The third kappa shape index (κ3) is 6.29. The van der Waals surface area contributed by atoms with Gasteiger partial charge in [0.25, 0.3) is 11.5 Å². The number of aliphatic carboxylic acids is 1.